The van der Waals surface area contributed by atoms with Crippen molar-refractivity contribution >= 4 is 22.1 Å². The normalized spacial score (nSPS) is 12.4. The van der Waals surface area contributed by atoms with Crippen LogP contribution in [-0.2, 0) is 4.74 Å². The zero-order valence-electron chi connectivity index (χ0n) is 15.8. The number of hydrogen-bond acceptors (Lipinski definition) is 6. The van der Waals surface area contributed by atoms with Gasteiger partial charge in [-0.25, -0.2) is 9.97 Å². The number of phenols is 1. The van der Waals surface area contributed by atoms with Crippen LogP contribution in [-0.4, -0.2) is 38.7 Å². The smallest absolute Gasteiger partial charge is 0.183 e. The largest absolute Gasteiger partial charge is 0.507 e. The van der Waals surface area contributed by atoms with Crippen LogP contribution in [0.1, 0.15) is 13.8 Å². The maximum atomic E-state index is 10.3. The SMILES string of the molecule is CCOCC(C)Nc1ncc(-c2cc(-c3ccccc3O)c3nccn3c2)s1. The van der Waals surface area contributed by atoms with Gasteiger partial charge in [0.1, 0.15) is 11.4 Å². The predicted molar refractivity (Wildman–Crippen MR) is 113 cm³/mol. The van der Waals surface area contributed by atoms with Gasteiger partial charge in [0.2, 0.25) is 0 Å². The fourth-order valence-corrected chi connectivity index (χ4v) is 4.00. The van der Waals surface area contributed by atoms with E-state index in [1.807, 2.05) is 48.1 Å². The van der Waals surface area contributed by atoms with Gasteiger partial charge in [-0.1, -0.05) is 29.5 Å². The number of benzene rings is 1. The maximum Gasteiger partial charge on any atom is 0.183 e. The molecule has 1 aromatic carbocycles. The summed E-state index contributed by atoms with van der Waals surface area (Å²) >= 11 is 1.59. The van der Waals surface area contributed by atoms with Crippen LogP contribution in [0, 0.1) is 0 Å². The average molecular weight is 395 g/mol. The monoisotopic (exact) mass is 394 g/mol. The molecule has 0 radical (unpaired) electrons. The van der Waals surface area contributed by atoms with Gasteiger partial charge in [0, 0.05) is 54.1 Å². The molecule has 0 bridgehead atoms. The highest BCUT2D eigenvalue weighted by Gasteiger charge is 2.14. The number of thiazole rings is 1. The number of nitrogens with zero attached hydrogens (tertiary/aromatic N) is 3. The van der Waals surface area contributed by atoms with E-state index in [1.54, 1.807) is 23.6 Å². The highest BCUT2D eigenvalue weighted by Crippen LogP contribution is 2.36. The highest BCUT2D eigenvalue weighted by atomic mass is 32.1. The summed E-state index contributed by atoms with van der Waals surface area (Å²) in [6, 6.07) is 9.56. The lowest BCUT2D eigenvalue weighted by Crippen LogP contribution is -2.21. The molecule has 1 atom stereocenters. The van der Waals surface area contributed by atoms with E-state index < -0.39 is 0 Å². The maximum absolute atomic E-state index is 10.3. The molecule has 28 heavy (non-hydrogen) atoms. The number of imidazole rings is 1. The van der Waals surface area contributed by atoms with Gasteiger partial charge in [-0.2, -0.15) is 0 Å². The summed E-state index contributed by atoms with van der Waals surface area (Å²) in [6.07, 6.45) is 7.57. The number of phenolic OH excluding ortho intramolecular Hbond substituents is 1. The predicted octanol–water partition coefficient (Wildman–Crippen LogP) is 4.67. The molecular weight excluding hydrogens is 372 g/mol. The van der Waals surface area contributed by atoms with Gasteiger partial charge in [-0.15, -0.1) is 0 Å². The van der Waals surface area contributed by atoms with E-state index in [9.17, 15) is 5.11 Å². The second kappa shape index (κ2) is 8.00. The molecule has 0 aliphatic heterocycles. The Bertz CT molecular complexity index is 1090. The third-order valence-corrected chi connectivity index (χ3v) is 5.39. The Morgan fingerprint density at radius 1 is 1.25 bits per heavy atom. The first-order valence-corrected chi connectivity index (χ1v) is 10.0. The number of nitrogens with one attached hydrogen (secondary N) is 1. The van der Waals surface area contributed by atoms with Crippen LogP contribution in [0.3, 0.4) is 0 Å². The molecular formula is C21H22N4O2S. The second-order valence-electron chi connectivity index (χ2n) is 6.55. The zero-order chi connectivity index (χ0) is 19.5. The van der Waals surface area contributed by atoms with Gasteiger partial charge >= 0.3 is 0 Å². The minimum absolute atomic E-state index is 0.187. The number of anilines is 1. The van der Waals surface area contributed by atoms with Crippen LogP contribution in [0.5, 0.6) is 5.75 Å². The van der Waals surface area contributed by atoms with Crippen molar-refractivity contribution in [2.45, 2.75) is 19.9 Å². The van der Waals surface area contributed by atoms with Crippen molar-refractivity contribution in [2.75, 3.05) is 18.5 Å². The fraction of sp³-hybridized carbons (Fsp3) is 0.238. The van der Waals surface area contributed by atoms with Gasteiger partial charge in [-0.05, 0) is 26.0 Å². The molecule has 144 valence electrons. The first-order chi connectivity index (χ1) is 13.7. The van der Waals surface area contributed by atoms with E-state index in [0.717, 1.165) is 32.3 Å². The minimum atomic E-state index is 0.187. The summed E-state index contributed by atoms with van der Waals surface area (Å²) in [6.45, 7) is 5.41. The Hall–Kier alpha value is -2.90. The van der Waals surface area contributed by atoms with Crippen LogP contribution in [0.2, 0.25) is 0 Å². The Balaban J connectivity index is 1.70. The molecule has 0 aliphatic rings. The fourth-order valence-electron chi connectivity index (χ4n) is 3.09. The minimum Gasteiger partial charge on any atom is -0.507 e. The molecule has 3 heterocycles. The Morgan fingerprint density at radius 3 is 2.93 bits per heavy atom. The summed E-state index contributed by atoms with van der Waals surface area (Å²) in [5.41, 5.74) is 3.46. The van der Waals surface area contributed by atoms with E-state index in [0.29, 0.717) is 13.2 Å². The molecule has 3 aromatic heterocycles. The quantitative estimate of drug-likeness (QED) is 0.477. The Morgan fingerprint density at radius 2 is 2.11 bits per heavy atom. The van der Waals surface area contributed by atoms with Crippen LogP contribution >= 0.6 is 11.3 Å². The van der Waals surface area contributed by atoms with Crippen molar-refractivity contribution in [2.24, 2.45) is 0 Å². The summed E-state index contributed by atoms with van der Waals surface area (Å²) in [5, 5.41) is 14.6. The van der Waals surface area contributed by atoms with Gasteiger partial charge in [0.05, 0.1) is 11.5 Å². The van der Waals surface area contributed by atoms with E-state index >= 15 is 0 Å². The van der Waals surface area contributed by atoms with Gasteiger partial charge in [-0.3, -0.25) is 0 Å². The number of aromatic hydroxyl groups is 1. The lowest BCUT2D eigenvalue weighted by molar-refractivity contribution is 0.141. The van der Waals surface area contributed by atoms with Crippen molar-refractivity contribution in [3.63, 3.8) is 0 Å². The molecule has 0 saturated carbocycles. The zero-order valence-corrected chi connectivity index (χ0v) is 16.6. The number of aromatic nitrogens is 3. The standard InChI is InChI=1S/C21H22N4O2S/c1-3-27-13-14(2)24-21-23-11-19(28-21)15-10-17(16-6-4-5-7-18(16)26)20-22-8-9-25(20)12-15/h4-12,14,26H,3,13H2,1-2H3,(H,23,24). The first-order valence-electron chi connectivity index (χ1n) is 9.21. The van der Waals surface area contributed by atoms with Gasteiger partial charge in [0.25, 0.3) is 0 Å². The number of rotatable bonds is 7. The average Bonchev–Trinajstić information content (AvgIpc) is 3.35. The molecule has 0 aliphatic carbocycles. The van der Waals surface area contributed by atoms with Crippen molar-refractivity contribution in [3.8, 4) is 27.3 Å². The van der Waals surface area contributed by atoms with Gasteiger partial charge in [0.15, 0.2) is 5.13 Å². The van der Waals surface area contributed by atoms with Crippen molar-refractivity contribution in [1.82, 2.24) is 14.4 Å². The number of para-hydroxylation sites is 1. The summed E-state index contributed by atoms with van der Waals surface area (Å²) in [7, 11) is 0. The number of hydrogen-bond donors (Lipinski definition) is 2. The lowest BCUT2D eigenvalue weighted by Gasteiger charge is -2.12. The molecule has 6 nitrogen and oxygen atoms in total. The number of pyridine rings is 1. The lowest BCUT2D eigenvalue weighted by atomic mass is 10.0. The molecule has 0 amide bonds. The summed E-state index contributed by atoms with van der Waals surface area (Å²) < 4.78 is 7.43. The number of ether oxygens (including phenoxy) is 1. The second-order valence-corrected chi connectivity index (χ2v) is 7.58. The van der Waals surface area contributed by atoms with Crippen molar-refractivity contribution in [3.05, 3.63) is 55.1 Å². The molecule has 0 saturated heterocycles. The van der Waals surface area contributed by atoms with Crippen molar-refractivity contribution in [1.29, 1.82) is 0 Å². The van der Waals surface area contributed by atoms with E-state index in [2.05, 4.69) is 28.3 Å². The van der Waals surface area contributed by atoms with E-state index in [4.69, 9.17) is 4.74 Å². The van der Waals surface area contributed by atoms with Crippen LogP contribution < -0.4 is 5.32 Å². The van der Waals surface area contributed by atoms with Crippen molar-refractivity contribution < 1.29 is 9.84 Å². The third kappa shape index (κ3) is 3.72. The van der Waals surface area contributed by atoms with E-state index in [-0.39, 0.29) is 11.8 Å². The van der Waals surface area contributed by atoms with Gasteiger partial charge < -0.3 is 19.6 Å². The molecule has 0 fully saturated rings. The Labute approximate surface area is 167 Å². The first kappa shape index (κ1) is 18.5. The topological polar surface area (TPSA) is 71.7 Å². The molecule has 2 N–H and O–H groups in total. The molecule has 7 heteroatoms. The summed E-state index contributed by atoms with van der Waals surface area (Å²) in [4.78, 5) is 10.0. The third-order valence-electron chi connectivity index (χ3n) is 4.41. The molecule has 4 rings (SSSR count). The van der Waals surface area contributed by atoms with Crippen LogP contribution in [0.4, 0.5) is 5.13 Å². The molecule has 1 unspecified atom stereocenters. The van der Waals surface area contributed by atoms with Crippen LogP contribution in [0.15, 0.2) is 55.1 Å². The molecule has 4 aromatic rings. The summed E-state index contributed by atoms with van der Waals surface area (Å²) in [5.74, 6) is 0.237. The number of fused-ring (bicyclic) bond motifs is 1. The van der Waals surface area contributed by atoms with Crippen LogP contribution in [0.25, 0.3) is 27.2 Å². The highest BCUT2D eigenvalue weighted by molar-refractivity contribution is 7.18. The Kier molecular flexibility index (Phi) is 5.27. The molecule has 0 spiro atoms. The van der Waals surface area contributed by atoms with E-state index in [1.165, 1.54) is 0 Å².